The van der Waals surface area contributed by atoms with Crippen LogP contribution < -0.4 is 0 Å². The Hall–Kier alpha value is -0.570. The molecule has 0 radical (unpaired) electrons. The number of alkyl halides is 1. The summed E-state index contributed by atoms with van der Waals surface area (Å²) in [5, 5.41) is 3.89. The molecule has 2 aliphatic carbocycles. The fourth-order valence-electron chi connectivity index (χ4n) is 3.12. The molecule has 15 heavy (non-hydrogen) atoms. The predicted molar refractivity (Wildman–Crippen MR) is 56.8 cm³/mol. The lowest BCUT2D eigenvalue weighted by atomic mass is 9.88. The monoisotopic (exact) mass is 226 g/mol. The number of aromatic nitrogens is 2. The van der Waals surface area contributed by atoms with Gasteiger partial charge < -0.3 is 4.52 Å². The van der Waals surface area contributed by atoms with Crippen molar-refractivity contribution in [1.82, 2.24) is 10.1 Å². The van der Waals surface area contributed by atoms with E-state index in [9.17, 15) is 0 Å². The van der Waals surface area contributed by atoms with Gasteiger partial charge in [0.2, 0.25) is 5.89 Å². The van der Waals surface area contributed by atoms with Gasteiger partial charge in [-0.3, -0.25) is 0 Å². The van der Waals surface area contributed by atoms with E-state index in [1.165, 1.54) is 25.7 Å². The normalized spacial score (nSPS) is 36.0. The third-order valence-corrected chi connectivity index (χ3v) is 4.05. The first kappa shape index (κ1) is 9.64. The summed E-state index contributed by atoms with van der Waals surface area (Å²) in [5.41, 5.74) is 0. The number of halogens is 1. The largest absolute Gasteiger partial charge is 0.338 e. The quantitative estimate of drug-likeness (QED) is 0.727. The molecule has 2 saturated carbocycles. The van der Waals surface area contributed by atoms with Gasteiger partial charge in [-0.25, -0.2) is 0 Å². The fraction of sp³-hybridized carbons (Fsp3) is 0.818. The number of nitrogens with zero attached hydrogens (tertiary/aromatic N) is 2. The third-order valence-electron chi connectivity index (χ3n) is 3.87. The second-order valence-electron chi connectivity index (χ2n) is 4.89. The molecular formula is C11H15ClN2O. The van der Waals surface area contributed by atoms with Crippen molar-refractivity contribution in [2.45, 2.75) is 43.9 Å². The van der Waals surface area contributed by atoms with Crippen LogP contribution in [0, 0.1) is 11.8 Å². The second kappa shape index (κ2) is 3.48. The van der Waals surface area contributed by atoms with Gasteiger partial charge in [-0.1, -0.05) is 11.6 Å². The lowest BCUT2D eigenvalue weighted by molar-refractivity contribution is 0.352. The van der Waals surface area contributed by atoms with Crippen LogP contribution in [-0.2, 0) is 0 Å². The lowest BCUT2D eigenvalue weighted by Gasteiger charge is -2.17. The van der Waals surface area contributed by atoms with Crippen LogP contribution in [0.15, 0.2) is 4.52 Å². The van der Waals surface area contributed by atoms with Crippen LogP contribution in [-0.4, -0.2) is 10.1 Å². The van der Waals surface area contributed by atoms with E-state index in [0.717, 1.165) is 17.7 Å². The molecular weight excluding hydrogens is 212 g/mol. The van der Waals surface area contributed by atoms with Crippen molar-refractivity contribution in [3.63, 3.8) is 0 Å². The van der Waals surface area contributed by atoms with Crippen molar-refractivity contribution in [3.05, 3.63) is 11.7 Å². The molecule has 0 saturated heterocycles. The molecule has 4 heteroatoms. The Labute approximate surface area is 94.2 Å². The second-order valence-corrected chi connectivity index (χ2v) is 5.54. The summed E-state index contributed by atoms with van der Waals surface area (Å²) in [6.07, 6.45) is 5.36. The van der Waals surface area contributed by atoms with E-state index in [2.05, 4.69) is 10.1 Å². The SMILES string of the molecule is CC(Cl)c1nc(C2CC3CCC2C3)no1. The molecule has 82 valence electrons. The number of hydrogen-bond acceptors (Lipinski definition) is 3. The highest BCUT2D eigenvalue weighted by molar-refractivity contribution is 6.20. The van der Waals surface area contributed by atoms with Crippen molar-refractivity contribution >= 4 is 11.6 Å². The van der Waals surface area contributed by atoms with Gasteiger partial charge >= 0.3 is 0 Å². The fourth-order valence-corrected chi connectivity index (χ4v) is 3.21. The summed E-state index contributed by atoms with van der Waals surface area (Å²) in [6.45, 7) is 1.86. The van der Waals surface area contributed by atoms with Crippen LogP contribution in [0.2, 0.25) is 0 Å². The first-order valence-corrected chi connectivity index (χ1v) is 6.15. The minimum Gasteiger partial charge on any atom is -0.338 e. The molecule has 2 bridgehead atoms. The van der Waals surface area contributed by atoms with Crippen LogP contribution in [0.4, 0.5) is 0 Å². The maximum absolute atomic E-state index is 5.91. The summed E-state index contributed by atoms with van der Waals surface area (Å²) in [6, 6.07) is 0. The standard InChI is InChI=1S/C11H15ClN2O/c1-6(12)11-13-10(14-15-11)9-5-7-2-3-8(9)4-7/h6-9H,2-5H2,1H3. The lowest BCUT2D eigenvalue weighted by Crippen LogP contribution is -2.10. The Morgan fingerprint density at radius 1 is 1.40 bits per heavy atom. The van der Waals surface area contributed by atoms with Gasteiger partial charge in [0.15, 0.2) is 5.82 Å². The molecule has 1 aromatic heterocycles. The van der Waals surface area contributed by atoms with Gasteiger partial charge in [0.05, 0.1) is 0 Å². The van der Waals surface area contributed by atoms with E-state index in [4.69, 9.17) is 16.1 Å². The maximum Gasteiger partial charge on any atom is 0.244 e. The molecule has 3 rings (SSSR count). The zero-order chi connectivity index (χ0) is 10.4. The molecule has 4 unspecified atom stereocenters. The molecule has 0 N–H and O–H groups in total. The molecule has 3 nitrogen and oxygen atoms in total. The highest BCUT2D eigenvalue weighted by Crippen LogP contribution is 2.52. The van der Waals surface area contributed by atoms with Gasteiger partial charge in [0, 0.05) is 5.92 Å². The molecule has 0 amide bonds. The molecule has 4 atom stereocenters. The van der Waals surface area contributed by atoms with Crippen LogP contribution in [0.3, 0.4) is 0 Å². The zero-order valence-corrected chi connectivity index (χ0v) is 9.57. The number of fused-ring (bicyclic) bond motifs is 2. The first-order chi connectivity index (χ1) is 7.24. The molecule has 0 aliphatic heterocycles. The van der Waals surface area contributed by atoms with Gasteiger partial charge in [-0.05, 0) is 38.0 Å². The van der Waals surface area contributed by atoms with Gasteiger partial charge in [0.25, 0.3) is 0 Å². The van der Waals surface area contributed by atoms with E-state index in [0.29, 0.717) is 11.8 Å². The van der Waals surface area contributed by atoms with E-state index in [1.54, 1.807) is 0 Å². The van der Waals surface area contributed by atoms with Crippen LogP contribution >= 0.6 is 11.6 Å². The third kappa shape index (κ3) is 1.57. The van der Waals surface area contributed by atoms with Crippen LogP contribution in [0.25, 0.3) is 0 Å². The molecule has 0 aromatic carbocycles. The Morgan fingerprint density at radius 2 is 2.27 bits per heavy atom. The van der Waals surface area contributed by atoms with Crippen molar-refractivity contribution in [1.29, 1.82) is 0 Å². The van der Waals surface area contributed by atoms with E-state index in [1.807, 2.05) is 6.92 Å². The van der Waals surface area contributed by atoms with Crippen molar-refractivity contribution < 1.29 is 4.52 Å². The highest BCUT2D eigenvalue weighted by atomic mass is 35.5. The Bertz CT molecular complexity index is 363. The molecule has 0 spiro atoms. The topological polar surface area (TPSA) is 38.9 Å². The Balaban J connectivity index is 1.81. The van der Waals surface area contributed by atoms with E-state index >= 15 is 0 Å². The van der Waals surface area contributed by atoms with Crippen LogP contribution in [0.1, 0.15) is 55.6 Å². The van der Waals surface area contributed by atoms with Crippen molar-refractivity contribution in [2.24, 2.45) is 11.8 Å². The smallest absolute Gasteiger partial charge is 0.244 e. The van der Waals surface area contributed by atoms with Gasteiger partial charge in [-0.15, -0.1) is 11.6 Å². The minimum absolute atomic E-state index is 0.176. The molecule has 2 fully saturated rings. The summed E-state index contributed by atoms with van der Waals surface area (Å²) in [4.78, 5) is 4.40. The van der Waals surface area contributed by atoms with E-state index < -0.39 is 0 Å². The van der Waals surface area contributed by atoms with Crippen molar-refractivity contribution in [2.75, 3.05) is 0 Å². The van der Waals surface area contributed by atoms with Crippen molar-refractivity contribution in [3.8, 4) is 0 Å². The Morgan fingerprint density at radius 3 is 2.80 bits per heavy atom. The molecule has 1 aromatic rings. The number of rotatable bonds is 2. The summed E-state index contributed by atoms with van der Waals surface area (Å²) < 4.78 is 5.15. The van der Waals surface area contributed by atoms with Crippen LogP contribution in [0.5, 0.6) is 0 Å². The minimum atomic E-state index is -0.176. The summed E-state index contributed by atoms with van der Waals surface area (Å²) >= 11 is 5.91. The Kier molecular flexibility index (Phi) is 2.23. The number of hydrogen-bond donors (Lipinski definition) is 0. The molecule has 2 aliphatic rings. The maximum atomic E-state index is 5.91. The molecule has 1 heterocycles. The average molecular weight is 227 g/mol. The van der Waals surface area contributed by atoms with Gasteiger partial charge in [-0.2, -0.15) is 4.98 Å². The first-order valence-electron chi connectivity index (χ1n) is 5.71. The predicted octanol–water partition coefficient (Wildman–Crippen LogP) is 3.27. The highest BCUT2D eigenvalue weighted by Gasteiger charge is 2.42. The average Bonchev–Trinajstić information content (AvgIpc) is 2.93. The summed E-state index contributed by atoms with van der Waals surface area (Å²) in [7, 11) is 0. The summed E-state index contributed by atoms with van der Waals surface area (Å²) in [5.74, 6) is 3.71. The van der Waals surface area contributed by atoms with Gasteiger partial charge in [0.1, 0.15) is 5.38 Å². The zero-order valence-electron chi connectivity index (χ0n) is 8.82. The van der Waals surface area contributed by atoms with E-state index in [-0.39, 0.29) is 5.38 Å².